The molecule has 0 aromatic heterocycles. The van der Waals surface area contributed by atoms with Gasteiger partial charge in [-0.2, -0.15) is 0 Å². The second-order valence-corrected chi connectivity index (χ2v) is 10.4. The van der Waals surface area contributed by atoms with Gasteiger partial charge in [-0.3, -0.25) is 9.03 Å². The largest absolute Gasteiger partial charge is 0.494 e. The van der Waals surface area contributed by atoms with Gasteiger partial charge >= 0.3 is 0 Å². The van der Waals surface area contributed by atoms with E-state index in [0.717, 1.165) is 5.56 Å². The minimum Gasteiger partial charge on any atom is -0.494 e. The van der Waals surface area contributed by atoms with Crippen LogP contribution in [-0.4, -0.2) is 35.7 Å². The predicted octanol–water partition coefficient (Wildman–Crippen LogP) is 3.04. The van der Waals surface area contributed by atoms with E-state index >= 15 is 0 Å². The Labute approximate surface area is 166 Å². The summed E-state index contributed by atoms with van der Waals surface area (Å²) < 4.78 is 59.4. The summed E-state index contributed by atoms with van der Waals surface area (Å²) in [4.78, 5) is 0.118. The topological polar surface area (TPSA) is 92.8 Å². The van der Waals surface area contributed by atoms with Crippen molar-refractivity contribution in [2.45, 2.75) is 32.1 Å². The summed E-state index contributed by atoms with van der Waals surface area (Å²) in [5.41, 5.74) is 2.24. The summed E-state index contributed by atoms with van der Waals surface area (Å²) in [6.07, 6.45) is 0.558. The van der Waals surface area contributed by atoms with Gasteiger partial charge in [-0.05, 0) is 68.7 Å². The molecule has 1 aliphatic heterocycles. The summed E-state index contributed by atoms with van der Waals surface area (Å²) in [6, 6.07) is 9.65. The van der Waals surface area contributed by atoms with E-state index in [1.165, 1.54) is 10.4 Å². The monoisotopic (exact) mass is 424 g/mol. The molecular formula is C19H24N2O5S2. The number of nitrogens with one attached hydrogen (secondary N) is 1. The van der Waals surface area contributed by atoms with Crippen LogP contribution in [0.15, 0.2) is 41.3 Å². The van der Waals surface area contributed by atoms with Crippen molar-refractivity contribution in [3.8, 4) is 5.75 Å². The van der Waals surface area contributed by atoms with Crippen molar-refractivity contribution >= 4 is 31.4 Å². The molecule has 1 aliphatic rings. The van der Waals surface area contributed by atoms with Gasteiger partial charge in [-0.15, -0.1) is 0 Å². The average Bonchev–Trinajstić information content (AvgIpc) is 2.98. The first-order valence-corrected chi connectivity index (χ1v) is 12.1. The van der Waals surface area contributed by atoms with Crippen molar-refractivity contribution in [2.75, 3.05) is 27.9 Å². The Hall–Kier alpha value is -2.26. The molecule has 0 atom stereocenters. The van der Waals surface area contributed by atoms with Gasteiger partial charge in [0.15, 0.2) is 0 Å². The van der Waals surface area contributed by atoms with E-state index in [1.807, 2.05) is 6.92 Å². The summed E-state index contributed by atoms with van der Waals surface area (Å²) in [7, 11) is -7.17. The van der Waals surface area contributed by atoms with E-state index in [4.69, 9.17) is 4.74 Å². The highest BCUT2D eigenvalue weighted by molar-refractivity contribution is 7.93. The smallest absolute Gasteiger partial charge is 0.261 e. The maximum atomic E-state index is 12.9. The molecule has 0 aliphatic carbocycles. The molecule has 1 heterocycles. The zero-order chi connectivity index (χ0) is 20.5. The van der Waals surface area contributed by atoms with Gasteiger partial charge in [-0.1, -0.05) is 6.07 Å². The lowest BCUT2D eigenvalue weighted by Crippen LogP contribution is -2.25. The van der Waals surface area contributed by atoms with Crippen LogP contribution >= 0.6 is 0 Å². The number of benzene rings is 2. The first-order valence-electron chi connectivity index (χ1n) is 9.01. The fraction of sp³-hybridized carbons (Fsp3) is 0.368. The van der Waals surface area contributed by atoms with Gasteiger partial charge in [0.25, 0.3) is 10.0 Å². The SMILES string of the molecule is CCOc1ccc(S(=O)(=O)Nc2cc(N3CCCS3(=O)=O)ccc2C)cc1C. The molecule has 0 unspecified atom stereocenters. The first-order chi connectivity index (χ1) is 13.1. The number of ether oxygens (including phenoxy) is 1. The number of anilines is 2. The molecule has 9 heteroatoms. The average molecular weight is 425 g/mol. The molecule has 152 valence electrons. The fourth-order valence-corrected chi connectivity index (χ4v) is 5.88. The van der Waals surface area contributed by atoms with Gasteiger partial charge in [0.05, 0.1) is 28.6 Å². The summed E-state index contributed by atoms with van der Waals surface area (Å²) >= 11 is 0. The van der Waals surface area contributed by atoms with Crippen molar-refractivity contribution in [3.63, 3.8) is 0 Å². The summed E-state index contributed by atoms with van der Waals surface area (Å²) in [5.74, 6) is 0.742. The van der Waals surface area contributed by atoms with Crippen molar-refractivity contribution in [1.29, 1.82) is 0 Å². The zero-order valence-corrected chi connectivity index (χ0v) is 17.7. The lowest BCUT2D eigenvalue weighted by molar-refractivity contribution is 0.337. The van der Waals surface area contributed by atoms with Crippen LogP contribution in [0.1, 0.15) is 24.5 Å². The fourth-order valence-electron chi connectivity index (χ4n) is 3.11. The molecule has 0 bridgehead atoms. The molecule has 7 nitrogen and oxygen atoms in total. The van der Waals surface area contributed by atoms with Crippen molar-refractivity contribution in [3.05, 3.63) is 47.5 Å². The minimum atomic E-state index is -3.83. The molecule has 3 rings (SSSR count). The molecule has 28 heavy (non-hydrogen) atoms. The second kappa shape index (κ2) is 7.63. The highest BCUT2D eigenvalue weighted by Crippen LogP contribution is 2.30. The van der Waals surface area contributed by atoms with E-state index in [1.54, 1.807) is 44.2 Å². The zero-order valence-electron chi connectivity index (χ0n) is 16.1. The molecule has 1 N–H and O–H groups in total. The van der Waals surface area contributed by atoms with E-state index in [9.17, 15) is 16.8 Å². The third-order valence-corrected chi connectivity index (χ3v) is 7.84. The van der Waals surface area contributed by atoms with Gasteiger partial charge in [0, 0.05) is 6.54 Å². The number of hydrogen-bond acceptors (Lipinski definition) is 5. The van der Waals surface area contributed by atoms with Crippen molar-refractivity contribution < 1.29 is 21.6 Å². The standard InChI is InChI=1S/C19H24N2O5S2/c1-4-26-19-9-8-17(12-15(19)3)28(24,25)20-18-13-16(7-6-14(18)2)21-10-5-11-27(21,22)23/h6-9,12-13,20H,4-5,10-11H2,1-3H3. The van der Waals surface area contributed by atoms with Gasteiger partial charge in [-0.25, -0.2) is 16.8 Å². The molecular weight excluding hydrogens is 400 g/mol. The predicted molar refractivity (Wildman–Crippen MR) is 110 cm³/mol. The maximum Gasteiger partial charge on any atom is 0.261 e. The molecule has 2 aromatic rings. The van der Waals surface area contributed by atoms with Crippen LogP contribution in [0.3, 0.4) is 0 Å². The summed E-state index contributed by atoms with van der Waals surface area (Å²) in [5, 5.41) is 0. The third kappa shape index (κ3) is 4.10. The highest BCUT2D eigenvalue weighted by atomic mass is 32.2. The molecule has 0 saturated carbocycles. The Bertz CT molecular complexity index is 1100. The van der Waals surface area contributed by atoms with Crippen LogP contribution in [0, 0.1) is 13.8 Å². The molecule has 0 amide bonds. The minimum absolute atomic E-state index is 0.105. The normalized spacial score (nSPS) is 16.2. The van der Waals surface area contributed by atoms with Crippen LogP contribution in [0.25, 0.3) is 0 Å². The number of nitrogens with zero attached hydrogens (tertiary/aromatic N) is 1. The Morgan fingerprint density at radius 2 is 1.86 bits per heavy atom. The van der Waals surface area contributed by atoms with Gasteiger partial charge in [0.2, 0.25) is 10.0 Å². The number of aryl methyl sites for hydroxylation is 2. The Morgan fingerprint density at radius 3 is 2.46 bits per heavy atom. The number of sulfonamides is 2. The third-order valence-electron chi connectivity index (χ3n) is 4.61. The van der Waals surface area contributed by atoms with Crippen LogP contribution in [0.4, 0.5) is 11.4 Å². The quantitative estimate of drug-likeness (QED) is 0.769. The molecule has 0 spiro atoms. The Kier molecular flexibility index (Phi) is 5.58. The number of rotatable bonds is 6. The second-order valence-electron chi connectivity index (χ2n) is 6.71. The van der Waals surface area contributed by atoms with Crippen LogP contribution < -0.4 is 13.8 Å². The Morgan fingerprint density at radius 1 is 1.11 bits per heavy atom. The van der Waals surface area contributed by atoms with Crippen molar-refractivity contribution in [2.24, 2.45) is 0 Å². The van der Waals surface area contributed by atoms with E-state index in [2.05, 4.69) is 4.72 Å². The van der Waals surface area contributed by atoms with Gasteiger partial charge in [0.1, 0.15) is 5.75 Å². The van der Waals surface area contributed by atoms with Crippen LogP contribution in [0.2, 0.25) is 0 Å². The van der Waals surface area contributed by atoms with Crippen LogP contribution in [0.5, 0.6) is 5.75 Å². The van der Waals surface area contributed by atoms with E-state index in [0.29, 0.717) is 42.3 Å². The summed E-state index contributed by atoms with van der Waals surface area (Å²) in [6.45, 7) is 6.31. The van der Waals surface area contributed by atoms with Crippen LogP contribution in [-0.2, 0) is 20.0 Å². The first kappa shape index (κ1) is 20.5. The van der Waals surface area contributed by atoms with Gasteiger partial charge < -0.3 is 4.74 Å². The molecule has 0 radical (unpaired) electrons. The lowest BCUT2D eigenvalue weighted by Gasteiger charge is -2.19. The molecule has 1 fully saturated rings. The molecule has 2 aromatic carbocycles. The Balaban J connectivity index is 1.92. The lowest BCUT2D eigenvalue weighted by atomic mass is 10.2. The number of hydrogen-bond donors (Lipinski definition) is 1. The van der Waals surface area contributed by atoms with E-state index in [-0.39, 0.29) is 10.6 Å². The van der Waals surface area contributed by atoms with E-state index < -0.39 is 20.0 Å². The highest BCUT2D eigenvalue weighted by Gasteiger charge is 2.29. The van der Waals surface area contributed by atoms with Crippen molar-refractivity contribution in [1.82, 2.24) is 0 Å². The maximum absolute atomic E-state index is 12.9. The molecule has 1 saturated heterocycles.